The van der Waals surface area contributed by atoms with E-state index in [1.165, 1.54) is 11.0 Å². The predicted molar refractivity (Wildman–Crippen MR) is 106 cm³/mol. The fourth-order valence-corrected chi connectivity index (χ4v) is 4.33. The zero-order valence-electron chi connectivity index (χ0n) is 15.4. The van der Waals surface area contributed by atoms with Gasteiger partial charge in [0, 0.05) is 36.6 Å². The summed E-state index contributed by atoms with van der Waals surface area (Å²) in [6.07, 6.45) is -0.0176. The molecule has 1 N–H and O–H groups in total. The van der Waals surface area contributed by atoms with Gasteiger partial charge in [0.15, 0.2) is 0 Å². The largest absolute Gasteiger partial charge is 0.341 e. The van der Waals surface area contributed by atoms with E-state index in [4.69, 9.17) is 0 Å². The summed E-state index contributed by atoms with van der Waals surface area (Å²) < 4.78 is 41.9. The summed E-state index contributed by atoms with van der Waals surface area (Å²) in [5.74, 6) is -0.675. The van der Waals surface area contributed by atoms with E-state index >= 15 is 0 Å². The average molecular weight is 457 g/mol. The quantitative estimate of drug-likeness (QED) is 0.692. The molecule has 0 radical (unpaired) electrons. The van der Waals surface area contributed by atoms with E-state index in [0.717, 1.165) is 10.0 Å². The van der Waals surface area contributed by atoms with E-state index in [1.54, 1.807) is 38.2 Å². The molecular weight excluding hydrogens is 435 g/mol. The van der Waals surface area contributed by atoms with Gasteiger partial charge in [-0.3, -0.25) is 4.79 Å². The molecule has 0 saturated heterocycles. The van der Waals surface area contributed by atoms with Crippen LogP contribution in [0.4, 0.5) is 4.39 Å². The van der Waals surface area contributed by atoms with Crippen molar-refractivity contribution in [2.75, 3.05) is 13.6 Å². The van der Waals surface area contributed by atoms with Gasteiger partial charge in [-0.15, -0.1) is 0 Å². The van der Waals surface area contributed by atoms with Crippen LogP contribution >= 0.6 is 15.9 Å². The zero-order chi connectivity index (χ0) is 20.2. The van der Waals surface area contributed by atoms with Gasteiger partial charge < -0.3 is 4.90 Å². The monoisotopic (exact) mass is 456 g/mol. The van der Waals surface area contributed by atoms with E-state index in [1.807, 2.05) is 13.0 Å². The molecule has 2 rings (SSSR count). The number of amides is 1. The van der Waals surface area contributed by atoms with Crippen molar-refractivity contribution in [3.05, 3.63) is 63.4 Å². The van der Waals surface area contributed by atoms with Gasteiger partial charge in [-0.25, -0.2) is 17.5 Å². The highest BCUT2D eigenvalue weighted by atomic mass is 79.9. The molecule has 0 aliphatic carbocycles. The van der Waals surface area contributed by atoms with E-state index in [0.29, 0.717) is 11.1 Å². The van der Waals surface area contributed by atoms with Crippen molar-refractivity contribution in [3.8, 4) is 0 Å². The van der Waals surface area contributed by atoms with Crippen molar-refractivity contribution < 1.29 is 17.6 Å². The summed E-state index contributed by atoms with van der Waals surface area (Å²) in [7, 11) is -2.14. The van der Waals surface area contributed by atoms with Crippen molar-refractivity contribution in [1.82, 2.24) is 9.62 Å². The maximum Gasteiger partial charge on any atom is 0.240 e. The van der Waals surface area contributed by atoms with Crippen LogP contribution in [0.2, 0.25) is 0 Å². The predicted octanol–water partition coefficient (Wildman–Crippen LogP) is 3.53. The molecule has 0 spiro atoms. The molecule has 0 aliphatic rings. The third-order valence-electron chi connectivity index (χ3n) is 4.11. The lowest BCUT2D eigenvalue weighted by Crippen LogP contribution is -2.32. The van der Waals surface area contributed by atoms with Crippen LogP contribution in [-0.4, -0.2) is 32.8 Å². The van der Waals surface area contributed by atoms with Crippen LogP contribution in [0.3, 0.4) is 0 Å². The lowest BCUT2D eigenvalue weighted by atomic mass is 10.2. The Kier molecular flexibility index (Phi) is 7.13. The molecule has 5 nitrogen and oxygen atoms in total. The third kappa shape index (κ3) is 5.85. The van der Waals surface area contributed by atoms with E-state index < -0.39 is 15.8 Å². The molecule has 2 aromatic rings. The van der Waals surface area contributed by atoms with Crippen LogP contribution in [0.1, 0.15) is 23.1 Å². The number of nitrogens with zero attached hydrogens (tertiary/aromatic N) is 1. The molecule has 8 heteroatoms. The Morgan fingerprint density at radius 1 is 1.19 bits per heavy atom. The Hall–Kier alpha value is -1.77. The molecule has 0 bridgehead atoms. The van der Waals surface area contributed by atoms with Crippen molar-refractivity contribution in [3.63, 3.8) is 0 Å². The van der Waals surface area contributed by atoms with Crippen LogP contribution in [0.25, 0.3) is 0 Å². The lowest BCUT2D eigenvalue weighted by molar-refractivity contribution is -0.130. The molecule has 146 valence electrons. The van der Waals surface area contributed by atoms with Crippen LogP contribution in [-0.2, 0) is 21.4 Å². The van der Waals surface area contributed by atoms with Gasteiger partial charge in [0.1, 0.15) is 5.82 Å². The molecule has 2 aromatic carbocycles. The summed E-state index contributed by atoms with van der Waals surface area (Å²) in [6, 6.07) is 9.71. The van der Waals surface area contributed by atoms with Crippen molar-refractivity contribution >= 4 is 31.9 Å². The molecule has 0 heterocycles. The van der Waals surface area contributed by atoms with Gasteiger partial charge in [0.05, 0.1) is 4.90 Å². The Morgan fingerprint density at radius 3 is 2.59 bits per heavy atom. The molecule has 0 atom stereocenters. The maximum atomic E-state index is 13.8. The van der Waals surface area contributed by atoms with Gasteiger partial charge in [-0.2, -0.15) is 0 Å². The minimum atomic E-state index is -3.69. The van der Waals surface area contributed by atoms with E-state index in [2.05, 4.69) is 20.7 Å². The number of halogens is 2. The van der Waals surface area contributed by atoms with Gasteiger partial charge >= 0.3 is 0 Å². The minimum absolute atomic E-state index is 0.0176. The molecular formula is C19H22BrFN2O3S. The molecule has 27 heavy (non-hydrogen) atoms. The minimum Gasteiger partial charge on any atom is -0.341 e. The molecule has 0 unspecified atom stereocenters. The average Bonchev–Trinajstić information content (AvgIpc) is 2.59. The first-order chi connectivity index (χ1) is 12.6. The number of aryl methyl sites for hydroxylation is 2. The third-order valence-corrected chi connectivity index (χ3v) is 6.20. The summed E-state index contributed by atoms with van der Waals surface area (Å²) in [5, 5.41) is 0. The zero-order valence-corrected chi connectivity index (χ0v) is 17.8. The van der Waals surface area contributed by atoms with Crippen LogP contribution in [0, 0.1) is 19.7 Å². The number of rotatable bonds is 7. The van der Waals surface area contributed by atoms with Gasteiger partial charge in [-0.1, -0.05) is 28.1 Å². The Labute approximate surface area is 167 Å². The summed E-state index contributed by atoms with van der Waals surface area (Å²) in [5.41, 5.74) is 1.87. The highest BCUT2D eigenvalue weighted by molar-refractivity contribution is 9.10. The number of nitrogens with one attached hydrogen (secondary N) is 1. The van der Waals surface area contributed by atoms with Gasteiger partial charge in [0.2, 0.25) is 15.9 Å². The highest BCUT2D eigenvalue weighted by Gasteiger charge is 2.18. The van der Waals surface area contributed by atoms with Crippen molar-refractivity contribution in [1.29, 1.82) is 0 Å². The Bertz CT molecular complexity index is 948. The normalized spacial score (nSPS) is 11.4. The first-order valence-electron chi connectivity index (χ1n) is 8.35. The molecule has 0 saturated carbocycles. The second-order valence-electron chi connectivity index (χ2n) is 6.40. The molecule has 0 fully saturated rings. The Balaban J connectivity index is 1.95. The number of hydrogen-bond donors (Lipinski definition) is 1. The SMILES string of the molecule is Cc1ccc(C)c(S(=O)(=O)NCCC(=O)N(C)Cc2cc(Br)ccc2F)c1. The van der Waals surface area contributed by atoms with Gasteiger partial charge in [0.25, 0.3) is 0 Å². The molecule has 0 aromatic heterocycles. The summed E-state index contributed by atoms with van der Waals surface area (Å²) >= 11 is 3.27. The van der Waals surface area contributed by atoms with Crippen LogP contribution in [0.5, 0.6) is 0 Å². The summed E-state index contributed by atoms with van der Waals surface area (Å²) in [6.45, 7) is 3.62. The number of hydrogen-bond acceptors (Lipinski definition) is 3. The van der Waals surface area contributed by atoms with E-state index in [-0.39, 0.29) is 30.3 Å². The molecule has 0 aliphatic heterocycles. The van der Waals surface area contributed by atoms with Crippen molar-refractivity contribution in [2.45, 2.75) is 31.7 Å². The standard InChI is InChI=1S/C19H22BrFN2O3S/c1-13-4-5-14(2)18(10-13)27(25,26)22-9-8-19(24)23(3)12-15-11-16(20)6-7-17(15)21/h4-7,10-11,22H,8-9,12H2,1-3H3. The number of sulfonamides is 1. The fraction of sp³-hybridized carbons (Fsp3) is 0.316. The van der Waals surface area contributed by atoms with Crippen molar-refractivity contribution in [2.24, 2.45) is 0 Å². The van der Waals surface area contributed by atoms with E-state index in [9.17, 15) is 17.6 Å². The van der Waals surface area contributed by atoms with Crippen LogP contribution in [0.15, 0.2) is 45.8 Å². The molecule has 1 amide bonds. The first kappa shape index (κ1) is 21.5. The first-order valence-corrected chi connectivity index (χ1v) is 10.6. The maximum absolute atomic E-state index is 13.8. The van der Waals surface area contributed by atoms with Crippen LogP contribution < -0.4 is 4.72 Å². The Morgan fingerprint density at radius 2 is 1.89 bits per heavy atom. The van der Waals surface area contributed by atoms with Gasteiger partial charge in [-0.05, 0) is 49.2 Å². The number of carbonyl (C=O) groups is 1. The summed E-state index contributed by atoms with van der Waals surface area (Å²) in [4.78, 5) is 13.8. The smallest absolute Gasteiger partial charge is 0.240 e. The number of carbonyl (C=O) groups excluding carboxylic acids is 1. The fourth-order valence-electron chi connectivity index (χ4n) is 2.57. The second-order valence-corrected chi connectivity index (χ2v) is 9.05. The topological polar surface area (TPSA) is 66.5 Å². The number of benzene rings is 2. The highest BCUT2D eigenvalue weighted by Crippen LogP contribution is 2.18. The second kappa shape index (κ2) is 8.95. The lowest BCUT2D eigenvalue weighted by Gasteiger charge is -2.18.